The van der Waals surface area contributed by atoms with Crippen LogP contribution in [0.4, 0.5) is 0 Å². The molecule has 8 atom stereocenters. The van der Waals surface area contributed by atoms with Crippen LogP contribution in [-0.4, -0.2) is 25.1 Å². The minimum Gasteiger partial charge on any atom is -0.469 e. The number of ether oxygens (including phenoxy) is 1. The number of Topliss-reactive ketones (excluding diaryl/α,β-unsaturated/α-hetero) is 1. The molecule has 3 fully saturated rings. The van der Waals surface area contributed by atoms with Gasteiger partial charge < -0.3 is 9.53 Å². The third kappa shape index (κ3) is 3.34. The molecule has 0 N–H and O–H groups in total. The lowest BCUT2D eigenvalue weighted by Crippen LogP contribution is -2.56. The van der Waals surface area contributed by atoms with Gasteiger partial charge >= 0.3 is 5.97 Å². The molecule has 0 saturated heterocycles. The second kappa shape index (κ2) is 8.09. The Morgan fingerprint density at radius 3 is 2.56 bits per heavy atom. The van der Waals surface area contributed by atoms with E-state index in [1.54, 1.807) is 0 Å². The first-order valence-electron chi connectivity index (χ1n) is 12.8. The molecule has 0 heterocycles. The normalized spacial score (nSPS) is 43.4. The van der Waals surface area contributed by atoms with Crippen LogP contribution in [0, 0.1) is 51.8 Å². The van der Waals surface area contributed by atoms with E-state index in [9.17, 15) is 14.4 Å². The maximum absolute atomic E-state index is 13.0. The zero-order valence-corrected chi connectivity index (χ0v) is 20.9. The van der Waals surface area contributed by atoms with Gasteiger partial charge in [0, 0.05) is 11.8 Å². The number of aldehydes is 1. The van der Waals surface area contributed by atoms with Crippen LogP contribution in [0.1, 0.15) is 86.0 Å². The van der Waals surface area contributed by atoms with Crippen molar-refractivity contribution in [2.24, 2.45) is 51.8 Å². The first-order valence-corrected chi connectivity index (χ1v) is 12.8. The Morgan fingerprint density at radius 1 is 1.19 bits per heavy atom. The molecule has 0 aliphatic heterocycles. The highest BCUT2D eigenvalue weighted by Gasteiger charge is 2.62. The maximum atomic E-state index is 13.0. The molecule has 4 heteroatoms. The van der Waals surface area contributed by atoms with Crippen LogP contribution in [0.3, 0.4) is 0 Å². The summed E-state index contributed by atoms with van der Waals surface area (Å²) in [4.78, 5) is 36.6. The fourth-order valence-corrected chi connectivity index (χ4v) is 9.20. The summed E-state index contributed by atoms with van der Waals surface area (Å²) < 4.78 is 4.88. The number of rotatable bonds is 5. The van der Waals surface area contributed by atoms with E-state index in [0.29, 0.717) is 47.8 Å². The van der Waals surface area contributed by atoms with Gasteiger partial charge in [-0.3, -0.25) is 9.59 Å². The Labute approximate surface area is 193 Å². The van der Waals surface area contributed by atoms with E-state index in [0.717, 1.165) is 19.1 Å². The fourth-order valence-electron chi connectivity index (χ4n) is 9.20. The Kier molecular flexibility index (Phi) is 5.99. The molecule has 1 unspecified atom stereocenters. The summed E-state index contributed by atoms with van der Waals surface area (Å²) in [5.74, 6) is 2.61. The highest BCUT2D eigenvalue weighted by molar-refractivity contribution is 6.00. The number of carbonyl (C=O) groups excluding carboxylic acids is 3. The number of hydrogen-bond acceptors (Lipinski definition) is 4. The van der Waals surface area contributed by atoms with Crippen LogP contribution in [0.15, 0.2) is 11.6 Å². The predicted octanol–water partition coefficient (Wildman–Crippen LogP) is 5.78. The van der Waals surface area contributed by atoms with Crippen molar-refractivity contribution in [1.29, 1.82) is 0 Å². The summed E-state index contributed by atoms with van der Waals surface area (Å²) in [5.41, 5.74) is 1.04. The molecule has 32 heavy (non-hydrogen) atoms. The summed E-state index contributed by atoms with van der Waals surface area (Å²) in [6.07, 6.45) is 11.4. The summed E-state index contributed by atoms with van der Waals surface area (Å²) in [6.45, 7) is 11.3. The van der Waals surface area contributed by atoms with Crippen molar-refractivity contribution < 1.29 is 19.1 Å². The Morgan fingerprint density at radius 2 is 1.91 bits per heavy atom. The number of ketones is 1. The average Bonchev–Trinajstić information content (AvgIpc) is 3.11. The monoisotopic (exact) mass is 442 g/mol. The van der Waals surface area contributed by atoms with E-state index in [1.165, 1.54) is 38.4 Å². The summed E-state index contributed by atoms with van der Waals surface area (Å²) in [6, 6.07) is 0. The SMILES string of the molecule is COC(=O)CC[C@@H](C)[C@H]1CC[C@H]2[C@@H]3CC=C4C(C)(C)C(=O)C(C=O)C[C@]4(C)[C@H]3CC[C@]12C. The van der Waals surface area contributed by atoms with Crippen LogP contribution in [0.25, 0.3) is 0 Å². The zero-order valence-electron chi connectivity index (χ0n) is 20.9. The van der Waals surface area contributed by atoms with E-state index in [4.69, 9.17) is 4.74 Å². The largest absolute Gasteiger partial charge is 0.469 e. The molecule has 4 rings (SSSR count). The van der Waals surface area contributed by atoms with Crippen molar-refractivity contribution >= 4 is 18.0 Å². The predicted molar refractivity (Wildman–Crippen MR) is 125 cm³/mol. The molecular formula is C28H42O4. The lowest BCUT2D eigenvalue weighted by atomic mass is 9.43. The van der Waals surface area contributed by atoms with Crippen LogP contribution >= 0.6 is 0 Å². The third-order valence-corrected chi connectivity index (χ3v) is 10.7. The molecule has 0 aromatic rings. The van der Waals surface area contributed by atoms with Gasteiger partial charge in [0.05, 0.1) is 13.0 Å². The van der Waals surface area contributed by atoms with Crippen LogP contribution < -0.4 is 0 Å². The first kappa shape index (κ1) is 23.7. The molecule has 0 aromatic heterocycles. The van der Waals surface area contributed by atoms with E-state index in [2.05, 4.69) is 26.8 Å². The van der Waals surface area contributed by atoms with Gasteiger partial charge in [-0.25, -0.2) is 0 Å². The van der Waals surface area contributed by atoms with Crippen molar-refractivity contribution in [3.63, 3.8) is 0 Å². The molecular weight excluding hydrogens is 400 g/mol. The summed E-state index contributed by atoms with van der Waals surface area (Å²) >= 11 is 0. The Balaban J connectivity index is 1.60. The van der Waals surface area contributed by atoms with Crippen molar-refractivity contribution in [3.05, 3.63) is 11.6 Å². The van der Waals surface area contributed by atoms with Crippen LogP contribution in [-0.2, 0) is 19.1 Å². The number of methoxy groups -OCH3 is 1. The maximum Gasteiger partial charge on any atom is 0.305 e. The quantitative estimate of drug-likeness (QED) is 0.234. The molecule has 0 aromatic carbocycles. The van der Waals surface area contributed by atoms with E-state index in [-0.39, 0.29) is 17.2 Å². The van der Waals surface area contributed by atoms with Gasteiger partial charge in [-0.2, -0.15) is 0 Å². The van der Waals surface area contributed by atoms with Crippen molar-refractivity contribution in [1.82, 2.24) is 0 Å². The van der Waals surface area contributed by atoms with E-state index in [1.807, 2.05) is 13.8 Å². The Bertz CT molecular complexity index is 825. The highest BCUT2D eigenvalue weighted by Crippen LogP contribution is 2.68. The Hall–Kier alpha value is -1.45. The summed E-state index contributed by atoms with van der Waals surface area (Å²) in [7, 11) is 1.47. The summed E-state index contributed by atoms with van der Waals surface area (Å²) in [5, 5.41) is 0. The lowest BCUT2D eigenvalue weighted by molar-refractivity contribution is -0.141. The number of carbonyl (C=O) groups is 3. The van der Waals surface area contributed by atoms with Crippen molar-refractivity contribution in [2.75, 3.05) is 7.11 Å². The van der Waals surface area contributed by atoms with Crippen molar-refractivity contribution in [3.8, 4) is 0 Å². The molecule has 0 bridgehead atoms. The van der Waals surface area contributed by atoms with Gasteiger partial charge in [-0.15, -0.1) is 0 Å². The van der Waals surface area contributed by atoms with Crippen LogP contribution in [0.2, 0.25) is 0 Å². The molecule has 178 valence electrons. The molecule has 0 spiro atoms. The zero-order chi connectivity index (χ0) is 23.5. The van der Waals surface area contributed by atoms with E-state index < -0.39 is 11.3 Å². The third-order valence-electron chi connectivity index (χ3n) is 10.7. The second-order valence-electron chi connectivity index (χ2n) is 12.4. The number of esters is 1. The van der Waals surface area contributed by atoms with Gasteiger partial charge in [0.2, 0.25) is 0 Å². The molecule has 4 aliphatic rings. The van der Waals surface area contributed by atoms with Gasteiger partial charge in [0.1, 0.15) is 6.29 Å². The lowest BCUT2D eigenvalue weighted by Gasteiger charge is -2.60. The second-order valence-corrected chi connectivity index (χ2v) is 12.4. The molecule has 4 aliphatic carbocycles. The minimum atomic E-state index is -0.537. The smallest absolute Gasteiger partial charge is 0.305 e. The minimum absolute atomic E-state index is 0.0538. The van der Waals surface area contributed by atoms with Gasteiger partial charge in [-0.05, 0) is 99.2 Å². The van der Waals surface area contributed by atoms with Gasteiger partial charge in [0.25, 0.3) is 0 Å². The average molecular weight is 443 g/mol. The van der Waals surface area contributed by atoms with Gasteiger partial charge in [0.15, 0.2) is 5.78 Å². The number of hydrogen-bond donors (Lipinski definition) is 0. The molecule has 4 nitrogen and oxygen atoms in total. The van der Waals surface area contributed by atoms with Crippen LogP contribution in [0.5, 0.6) is 0 Å². The molecule has 0 amide bonds. The first-order chi connectivity index (χ1) is 15.0. The topological polar surface area (TPSA) is 60.4 Å². The molecule has 0 radical (unpaired) electrons. The highest BCUT2D eigenvalue weighted by atomic mass is 16.5. The van der Waals surface area contributed by atoms with E-state index >= 15 is 0 Å². The van der Waals surface area contributed by atoms with Crippen molar-refractivity contribution in [2.45, 2.75) is 86.0 Å². The number of fused-ring (bicyclic) bond motifs is 5. The fraction of sp³-hybridized carbons (Fsp3) is 0.821. The van der Waals surface area contributed by atoms with Gasteiger partial charge in [-0.1, -0.05) is 32.4 Å². The molecule has 3 saturated carbocycles. The number of allylic oxidation sites excluding steroid dienone is 2. The standard InChI is InChI=1S/C28H42O4/c1-17(7-12-24(30)32-6)20-9-10-21-19-8-11-23-26(2,3)25(31)18(16-29)15-28(23,5)22(19)13-14-27(20,21)4/h11,16-22H,7-10,12-15H2,1-6H3/t17-,18?,19+,20-,21+,22+,27-,28-/m1/s1.